The molecule has 0 saturated heterocycles. The quantitative estimate of drug-likeness (QED) is 0.522. The Kier molecular flexibility index (Phi) is 5.55. The molecule has 2 aromatic rings. The SMILES string of the molecule is CCCNc1nc(NCCCCCO)c2cn[nH]c2n1. The highest BCUT2D eigenvalue weighted by molar-refractivity contribution is 5.86. The number of H-pyrrole nitrogens is 1. The molecule has 7 heteroatoms. The van der Waals surface area contributed by atoms with Crippen molar-refractivity contribution < 1.29 is 5.11 Å². The monoisotopic (exact) mass is 278 g/mol. The molecule has 0 aliphatic heterocycles. The van der Waals surface area contributed by atoms with Gasteiger partial charge in [-0.15, -0.1) is 0 Å². The lowest BCUT2D eigenvalue weighted by Crippen LogP contribution is -2.09. The second-order valence-corrected chi connectivity index (χ2v) is 4.67. The summed E-state index contributed by atoms with van der Waals surface area (Å²) < 4.78 is 0. The van der Waals surface area contributed by atoms with E-state index in [-0.39, 0.29) is 6.61 Å². The minimum atomic E-state index is 0.255. The smallest absolute Gasteiger partial charge is 0.226 e. The fourth-order valence-electron chi connectivity index (χ4n) is 1.91. The van der Waals surface area contributed by atoms with E-state index in [2.05, 4.69) is 37.7 Å². The van der Waals surface area contributed by atoms with Crippen LogP contribution in [0.4, 0.5) is 11.8 Å². The molecule has 0 spiro atoms. The lowest BCUT2D eigenvalue weighted by atomic mass is 10.2. The van der Waals surface area contributed by atoms with Gasteiger partial charge in [-0.3, -0.25) is 5.10 Å². The molecule has 0 aromatic carbocycles. The van der Waals surface area contributed by atoms with Crippen LogP contribution in [0.15, 0.2) is 6.20 Å². The number of fused-ring (bicyclic) bond motifs is 1. The maximum Gasteiger partial charge on any atom is 0.226 e. The Bertz CT molecular complexity index is 527. The van der Waals surface area contributed by atoms with Gasteiger partial charge in [-0.25, -0.2) is 0 Å². The molecule has 0 fully saturated rings. The Morgan fingerprint density at radius 2 is 2.05 bits per heavy atom. The first kappa shape index (κ1) is 14.5. The number of aliphatic hydroxyl groups excluding tert-OH is 1. The van der Waals surface area contributed by atoms with Crippen LogP contribution in [0, 0.1) is 0 Å². The van der Waals surface area contributed by atoms with E-state index in [0.717, 1.165) is 55.6 Å². The summed E-state index contributed by atoms with van der Waals surface area (Å²) >= 11 is 0. The van der Waals surface area contributed by atoms with Gasteiger partial charge in [0.2, 0.25) is 5.95 Å². The van der Waals surface area contributed by atoms with Crippen molar-refractivity contribution in [3.8, 4) is 0 Å². The zero-order valence-electron chi connectivity index (χ0n) is 11.8. The zero-order chi connectivity index (χ0) is 14.2. The van der Waals surface area contributed by atoms with Crippen LogP contribution in [0.25, 0.3) is 11.0 Å². The highest BCUT2D eigenvalue weighted by Crippen LogP contribution is 2.19. The Morgan fingerprint density at radius 1 is 1.15 bits per heavy atom. The number of unbranched alkanes of at least 4 members (excludes halogenated alkanes) is 2. The first-order valence-corrected chi connectivity index (χ1v) is 7.15. The van der Waals surface area contributed by atoms with Gasteiger partial charge in [-0.05, 0) is 25.7 Å². The first-order valence-electron chi connectivity index (χ1n) is 7.15. The number of hydrogen-bond donors (Lipinski definition) is 4. The second-order valence-electron chi connectivity index (χ2n) is 4.67. The molecule has 20 heavy (non-hydrogen) atoms. The number of aliphatic hydroxyl groups is 1. The maximum atomic E-state index is 8.75. The van der Waals surface area contributed by atoms with E-state index >= 15 is 0 Å². The minimum Gasteiger partial charge on any atom is -0.396 e. The summed E-state index contributed by atoms with van der Waals surface area (Å²) in [6, 6.07) is 0. The number of nitrogens with zero attached hydrogens (tertiary/aromatic N) is 3. The Hall–Kier alpha value is -1.89. The molecule has 2 aromatic heterocycles. The summed E-state index contributed by atoms with van der Waals surface area (Å²) in [5.41, 5.74) is 0.733. The number of nitrogens with one attached hydrogen (secondary N) is 3. The molecule has 2 rings (SSSR count). The number of anilines is 2. The highest BCUT2D eigenvalue weighted by atomic mass is 16.2. The molecule has 0 amide bonds. The zero-order valence-corrected chi connectivity index (χ0v) is 11.8. The van der Waals surface area contributed by atoms with Gasteiger partial charge in [0.05, 0.1) is 11.6 Å². The Morgan fingerprint density at radius 3 is 2.85 bits per heavy atom. The molecular formula is C13H22N6O. The molecule has 7 nitrogen and oxygen atoms in total. The van der Waals surface area contributed by atoms with E-state index in [9.17, 15) is 0 Å². The van der Waals surface area contributed by atoms with Gasteiger partial charge in [0.15, 0.2) is 5.65 Å². The van der Waals surface area contributed by atoms with Gasteiger partial charge in [0.25, 0.3) is 0 Å². The predicted molar refractivity (Wildman–Crippen MR) is 79.9 cm³/mol. The molecule has 0 aliphatic rings. The summed E-state index contributed by atoms with van der Waals surface area (Å²) in [4.78, 5) is 8.86. The van der Waals surface area contributed by atoms with Crippen LogP contribution in [0.3, 0.4) is 0 Å². The minimum absolute atomic E-state index is 0.255. The summed E-state index contributed by atoms with van der Waals surface area (Å²) in [5, 5.41) is 23.0. The standard InChI is InChI=1S/C13H22N6O/c1-2-6-15-13-17-11(14-7-4-3-5-8-20)10-9-16-19-12(10)18-13/h9,20H,2-8H2,1H3,(H3,14,15,16,17,18,19). The molecule has 2 heterocycles. The van der Waals surface area contributed by atoms with Crippen LogP contribution in [0.1, 0.15) is 32.6 Å². The Labute approximate surface area is 118 Å². The lowest BCUT2D eigenvalue weighted by Gasteiger charge is -2.09. The fraction of sp³-hybridized carbons (Fsp3) is 0.615. The first-order chi connectivity index (χ1) is 9.85. The van der Waals surface area contributed by atoms with Crippen molar-refractivity contribution in [1.29, 1.82) is 0 Å². The van der Waals surface area contributed by atoms with Gasteiger partial charge in [-0.1, -0.05) is 6.92 Å². The van der Waals surface area contributed by atoms with Crippen molar-refractivity contribution in [2.75, 3.05) is 30.3 Å². The van der Waals surface area contributed by atoms with Crippen LogP contribution in [0.2, 0.25) is 0 Å². The average molecular weight is 278 g/mol. The summed E-state index contributed by atoms with van der Waals surface area (Å²) in [7, 11) is 0. The predicted octanol–water partition coefficient (Wildman–Crippen LogP) is 1.75. The van der Waals surface area contributed by atoms with E-state index in [0.29, 0.717) is 5.95 Å². The third-order valence-electron chi connectivity index (χ3n) is 2.97. The molecule has 0 saturated carbocycles. The second kappa shape index (κ2) is 7.64. The normalized spacial score (nSPS) is 10.9. The molecule has 0 unspecified atom stereocenters. The van der Waals surface area contributed by atoms with E-state index in [4.69, 9.17) is 5.11 Å². The summed E-state index contributed by atoms with van der Waals surface area (Å²) in [6.07, 6.45) is 5.60. The average Bonchev–Trinajstić information content (AvgIpc) is 2.93. The molecule has 0 bridgehead atoms. The van der Waals surface area contributed by atoms with Crippen LogP contribution >= 0.6 is 0 Å². The van der Waals surface area contributed by atoms with Gasteiger partial charge in [0, 0.05) is 19.7 Å². The number of aromatic nitrogens is 4. The molecule has 4 N–H and O–H groups in total. The van der Waals surface area contributed by atoms with Gasteiger partial charge in [-0.2, -0.15) is 15.1 Å². The highest BCUT2D eigenvalue weighted by Gasteiger charge is 2.08. The van der Waals surface area contributed by atoms with Crippen molar-refractivity contribution >= 4 is 22.8 Å². The number of rotatable bonds is 9. The van der Waals surface area contributed by atoms with Crippen molar-refractivity contribution in [1.82, 2.24) is 20.2 Å². The lowest BCUT2D eigenvalue weighted by molar-refractivity contribution is 0.283. The van der Waals surface area contributed by atoms with Crippen molar-refractivity contribution in [2.45, 2.75) is 32.6 Å². The van der Waals surface area contributed by atoms with Gasteiger partial charge >= 0.3 is 0 Å². The molecule has 110 valence electrons. The molecular weight excluding hydrogens is 256 g/mol. The number of aromatic amines is 1. The van der Waals surface area contributed by atoms with Crippen LogP contribution in [0.5, 0.6) is 0 Å². The van der Waals surface area contributed by atoms with Crippen molar-refractivity contribution in [3.63, 3.8) is 0 Å². The third-order valence-corrected chi connectivity index (χ3v) is 2.97. The van der Waals surface area contributed by atoms with E-state index in [1.165, 1.54) is 0 Å². The maximum absolute atomic E-state index is 8.75. The fourth-order valence-corrected chi connectivity index (χ4v) is 1.91. The van der Waals surface area contributed by atoms with E-state index in [1.54, 1.807) is 6.20 Å². The van der Waals surface area contributed by atoms with E-state index in [1.807, 2.05) is 0 Å². The van der Waals surface area contributed by atoms with Gasteiger partial charge in [0.1, 0.15) is 5.82 Å². The van der Waals surface area contributed by atoms with Crippen molar-refractivity contribution in [3.05, 3.63) is 6.20 Å². The largest absolute Gasteiger partial charge is 0.396 e. The van der Waals surface area contributed by atoms with Crippen LogP contribution < -0.4 is 10.6 Å². The van der Waals surface area contributed by atoms with Crippen LogP contribution in [-0.4, -0.2) is 45.0 Å². The molecule has 0 atom stereocenters. The molecule has 0 aliphatic carbocycles. The van der Waals surface area contributed by atoms with E-state index < -0.39 is 0 Å². The Balaban J connectivity index is 2.03. The van der Waals surface area contributed by atoms with Crippen LogP contribution in [-0.2, 0) is 0 Å². The summed E-state index contributed by atoms with van der Waals surface area (Å²) in [5.74, 6) is 1.41. The third kappa shape index (κ3) is 3.80. The van der Waals surface area contributed by atoms with Crippen molar-refractivity contribution in [2.24, 2.45) is 0 Å². The topological polar surface area (TPSA) is 98.8 Å². The molecule has 0 radical (unpaired) electrons. The van der Waals surface area contributed by atoms with Gasteiger partial charge < -0.3 is 15.7 Å². The number of hydrogen-bond acceptors (Lipinski definition) is 6. The summed E-state index contributed by atoms with van der Waals surface area (Å²) in [6.45, 7) is 4.02.